The highest BCUT2D eigenvalue weighted by Gasteiger charge is 2.39. The number of ether oxygens (including phenoxy) is 1. The van der Waals surface area contributed by atoms with Gasteiger partial charge in [-0.2, -0.15) is 0 Å². The van der Waals surface area contributed by atoms with Crippen LogP contribution < -0.4 is 9.64 Å². The van der Waals surface area contributed by atoms with Crippen molar-refractivity contribution in [2.75, 3.05) is 25.1 Å². The number of benzene rings is 1. The van der Waals surface area contributed by atoms with Crippen molar-refractivity contribution in [3.05, 3.63) is 23.8 Å². The van der Waals surface area contributed by atoms with E-state index in [0.29, 0.717) is 12.3 Å². The molecule has 1 aromatic rings. The van der Waals surface area contributed by atoms with Crippen LogP contribution in [0.3, 0.4) is 0 Å². The van der Waals surface area contributed by atoms with Crippen molar-refractivity contribution in [2.24, 2.45) is 0 Å². The number of alkyl halides is 2. The normalized spacial score (nSPS) is 18.9. The van der Waals surface area contributed by atoms with Crippen LogP contribution in [0.5, 0.6) is 5.75 Å². The van der Waals surface area contributed by atoms with Gasteiger partial charge in [-0.3, -0.25) is 0 Å². The molecule has 0 aliphatic carbocycles. The fraction of sp³-hybridized carbons (Fsp3) is 0.500. The maximum absolute atomic E-state index is 13.1. The predicted octanol–water partition coefficient (Wildman–Crippen LogP) is 2.85. The van der Waals surface area contributed by atoms with Gasteiger partial charge in [0.25, 0.3) is 5.92 Å². The van der Waals surface area contributed by atoms with Crippen LogP contribution in [-0.4, -0.2) is 26.1 Å². The summed E-state index contributed by atoms with van der Waals surface area (Å²) in [6, 6.07) is 5.62. The summed E-state index contributed by atoms with van der Waals surface area (Å²) >= 11 is 0. The van der Waals surface area contributed by atoms with Crippen LogP contribution in [0, 0.1) is 6.92 Å². The lowest BCUT2D eigenvalue weighted by atomic mass is 10.2. The van der Waals surface area contributed by atoms with E-state index in [-0.39, 0.29) is 13.0 Å². The molecule has 0 radical (unpaired) electrons. The summed E-state index contributed by atoms with van der Waals surface area (Å²) in [4.78, 5) is 1.69. The van der Waals surface area contributed by atoms with Crippen molar-refractivity contribution in [3.63, 3.8) is 0 Å². The summed E-state index contributed by atoms with van der Waals surface area (Å²) in [5.41, 5.74) is 1.81. The molecule has 2 nitrogen and oxygen atoms in total. The molecule has 1 aliphatic heterocycles. The fourth-order valence-electron chi connectivity index (χ4n) is 1.99. The molecule has 0 spiro atoms. The lowest BCUT2D eigenvalue weighted by molar-refractivity contribution is 0.0257. The molecule has 1 heterocycles. The molecule has 4 heteroatoms. The second-order valence-corrected chi connectivity index (χ2v) is 4.20. The van der Waals surface area contributed by atoms with Crippen LogP contribution in [0.2, 0.25) is 0 Å². The number of hydrogen-bond donors (Lipinski definition) is 0. The molecule has 0 N–H and O–H groups in total. The molecule has 0 atom stereocenters. The summed E-state index contributed by atoms with van der Waals surface area (Å²) < 4.78 is 31.5. The molecule has 16 heavy (non-hydrogen) atoms. The molecule has 0 saturated carbocycles. The minimum Gasteiger partial charge on any atom is -0.495 e. The van der Waals surface area contributed by atoms with Gasteiger partial charge in [-0.05, 0) is 24.6 Å². The van der Waals surface area contributed by atoms with Gasteiger partial charge in [0.2, 0.25) is 0 Å². The molecule has 0 amide bonds. The number of hydrogen-bond acceptors (Lipinski definition) is 2. The Morgan fingerprint density at radius 3 is 2.69 bits per heavy atom. The zero-order chi connectivity index (χ0) is 11.8. The second kappa shape index (κ2) is 3.92. The van der Waals surface area contributed by atoms with Crippen LogP contribution in [0.25, 0.3) is 0 Å². The molecule has 0 bridgehead atoms. The Kier molecular flexibility index (Phi) is 2.74. The van der Waals surface area contributed by atoms with E-state index in [2.05, 4.69) is 0 Å². The van der Waals surface area contributed by atoms with Crippen LogP contribution in [0.1, 0.15) is 12.0 Å². The quantitative estimate of drug-likeness (QED) is 0.770. The molecular weight excluding hydrogens is 212 g/mol. The van der Waals surface area contributed by atoms with Gasteiger partial charge in [-0.15, -0.1) is 0 Å². The Morgan fingerprint density at radius 2 is 2.12 bits per heavy atom. The van der Waals surface area contributed by atoms with E-state index < -0.39 is 5.92 Å². The average molecular weight is 227 g/mol. The molecular formula is C12H15F2NO. The highest BCUT2D eigenvalue weighted by Crippen LogP contribution is 2.36. The molecule has 0 aromatic heterocycles. The number of methoxy groups -OCH3 is 1. The third kappa shape index (κ3) is 2.10. The van der Waals surface area contributed by atoms with E-state index in [1.54, 1.807) is 12.0 Å². The molecule has 2 rings (SSSR count). The van der Waals surface area contributed by atoms with E-state index in [9.17, 15) is 8.78 Å². The lowest BCUT2D eigenvalue weighted by Crippen LogP contribution is -2.25. The zero-order valence-electron chi connectivity index (χ0n) is 9.46. The van der Waals surface area contributed by atoms with Crippen molar-refractivity contribution >= 4 is 5.69 Å². The van der Waals surface area contributed by atoms with E-state index in [0.717, 1.165) is 11.3 Å². The van der Waals surface area contributed by atoms with Gasteiger partial charge >= 0.3 is 0 Å². The third-order valence-electron chi connectivity index (χ3n) is 2.84. The summed E-state index contributed by atoms with van der Waals surface area (Å²) in [5, 5.41) is 0. The van der Waals surface area contributed by atoms with Crippen LogP contribution >= 0.6 is 0 Å². The molecule has 1 fully saturated rings. The fourth-order valence-corrected chi connectivity index (χ4v) is 1.99. The molecule has 0 unspecified atom stereocenters. The topological polar surface area (TPSA) is 12.5 Å². The Morgan fingerprint density at radius 1 is 1.38 bits per heavy atom. The SMILES string of the molecule is COc1ccc(C)cc1N1CCC(F)(F)C1. The molecule has 1 saturated heterocycles. The number of aryl methyl sites for hydroxylation is 1. The number of halogens is 2. The minimum atomic E-state index is -2.57. The van der Waals surface area contributed by atoms with E-state index in [1.807, 2.05) is 25.1 Å². The highest BCUT2D eigenvalue weighted by atomic mass is 19.3. The molecule has 1 aliphatic rings. The van der Waals surface area contributed by atoms with Crippen LogP contribution in [0.15, 0.2) is 18.2 Å². The minimum absolute atomic E-state index is 0.0793. The standard InChI is InChI=1S/C12H15F2NO/c1-9-3-4-11(16-2)10(7-9)15-6-5-12(13,14)8-15/h3-4,7H,5-6,8H2,1-2H3. The van der Waals surface area contributed by atoms with Gasteiger partial charge in [0.15, 0.2) is 0 Å². The monoisotopic (exact) mass is 227 g/mol. The van der Waals surface area contributed by atoms with Crippen LogP contribution in [0.4, 0.5) is 14.5 Å². The van der Waals surface area contributed by atoms with Crippen molar-refractivity contribution in [2.45, 2.75) is 19.3 Å². The summed E-state index contributed by atoms with van der Waals surface area (Å²) in [6.07, 6.45) is -0.0793. The zero-order valence-corrected chi connectivity index (χ0v) is 9.46. The maximum Gasteiger partial charge on any atom is 0.266 e. The van der Waals surface area contributed by atoms with Crippen molar-refractivity contribution in [1.82, 2.24) is 0 Å². The van der Waals surface area contributed by atoms with E-state index >= 15 is 0 Å². The summed E-state index contributed by atoms with van der Waals surface area (Å²) in [6.45, 7) is 2.11. The Balaban J connectivity index is 2.30. The maximum atomic E-state index is 13.1. The first-order chi connectivity index (χ1) is 7.52. The van der Waals surface area contributed by atoms with Gasteiger partial charge < -0.3 is 9.64 Å². The number of rotatable bonds is 2. The molecule has 88 valence electrons. The number of anilines is 1. The van der Waals surface area contributed by atoms with Gasteiger partial charge in [0.1, 0.15) is 5.75 Å². The van der Waals surface area contributed by atoms with Crippen molar-refractivity contribution in [1.29, 1.82) is 0 Å². The van der Waals surface area contributed by atoms with Crippen molar-refractivity contribution < 1.29 is 13.5 Å². The first-order valence-corrected chi connectivity index (χ1v) is 5.29. The first kappa shape index (κ1) is 11.2. The Labute approximate surface area is 93.8 Å². The van der Waals surface area contributed by atoms with Gasteiger partial charge in [0, 0.05) is 13.0 Å². The summed E-state index contributed by atoms with van der Waals surface area (Å²) in [5.74, 6) is -1.92. The van der Waals surface area contributed by atoms with Gasteiger partial charge in [-0.1, -0.05) is 6.07 Å². The van der Waals surface area contributed by atoms with Gasteiger partial charge in [-0.25, -0.2) is 8.78 Å². The first-order valence-electron chi connectivity index (χ1n) is 5.29. The van der Waals surface area contributed by atoms with E-state index in [4.69, 9.17) is 4.74 Å². The van der Waals surface area contributed by atoms with Gasteiger partial charge in [0.05, 0.1) is 19.3 Å². The lowest BCUT2D eigenvalue weighted by Gasteiger charge is -2.21. The second-order valence-electron chi connectivity index (χ2n) is 4.20. The van der Waals surface area contributed by atoms with E-state index in [1.165, 1.54) is 0 Å². The third-order valence-corrected chi connectivity index (χ3v) is 2.84. The smallest absolute Gasteiger partial charge is 0.266 e. The largest absolute Gasteiger partial charge is 0.495 e. The predicted molar refractivity (Wildman–Crippen MR) is 59.5 cm³/mol. The Bertz CT molecular complexity index is 393. The van der Waals surface area contributed by atoms with Crippen molar-refractivity contribution in [3.8, 4) is 5.75 Å². The Hall–Kier alpha value is -1.32. The highest BCUT2D eigenvalue weighted by molar-refractivity contribution is 5.60. The van der Waals surface area contributed by atoms with Crippen LogP contribution in [-0.2, 0) is 0 Å². The number of nitrogens with zero attached hydrogens (tertiary/aromatic N) is 1. The summed E-state index contributed by atoms with van der Waals surface area (Å²) in [7, 11) is 1.56. The average Bonchev–Trinajstić information content (AvgIpc) is 2.59. The molecule has 1 aromatic carbocycles.